The van der Waals surface area contributed by atoms with Crippen LogP contribution in [0.2, 0.25) is 5.02 Å². The molecule has 0 radical (unpaired) electrons. The predicted molar refractivity (Wildman–Crippen MR) is 73.5 cm³/mol. The van der Waals surface area contributed by atoms with Gasteiger partial charge in [-0.2, -0.15) is 0 Å². The van der Waals surface area contributed by atoms with Gasteiger partial charge in [0, 0.05) is 21.6 Å². The van der Waals surface area contributed by atoms with E-state index >= 15 is 0 Å². The molecular weight excluding hydrogens is 230 g/mol. The summed E-state index contributed by atoms with van der Waals surface area (Å²) in [6, 6.07) is 16.5. The van der Waals surface area contributed by atoms with Crippen LogP contribution < -0.4 is 0 Å². The molecule has 0 bridgehead atoms. The van der Waals surface area contributed by atoms with Gasteiger partial charge in [-0.25, -0.2) is 0 Å². The van der Waals surface area contributed by atoms with Crippen molar-refractivity contribution in [2.24, 2.45) is 0 Å². The highest BCUT2D eigenvalue weighted by Crippen LogP contribution is 2.26. The molecule has 0 saturated carbocycles. The van der Waals surface area contributed by atoms with Crippen LogP contribution in [0.5, 0.6) is 0 Å². The summed E-state index contributed by atoms with van der Waals surface area (Å²) in [4.78, 5) is 3.41. The lowest BCUT2D eigenvalue weighted by atomic mass is 10.1. The van der Waals surface area contributed by atoms with Gasteiger partial charge in [0.25, 0.3) is 0 Å². The average Bonchev–Trinajstić information content (AvgIpc) is 2.72. The summed E-state index contributed by atoms with van der Waals surface area (Å²) >= 11 is 5.99. The highest BCUT2D eigenvalue weighted by atomic mass is 35.5. The number of aryl methyl sites for hydroxylation is 1. The minimum absolute atomic E-state index is 0.771. The van der Waals surface area contributed by atoms with E-state index in [2.05, 4.69) is 42.2 Å². The normalized spacial score (nSPS) is 10.9. The molecule has 3 aromatic rings. The highest BCUT2D eigenvalue weighted by Gasteiger charge is 2.03. The summed E-state index contributed by atoms with van der Waals surface area (Å²) in [6.07, 6.45) is 0. The van der Waals surface area contributed by atoms with Crippen molar-refractivity contribution in [1.82, 2.24) is 4.98 Å². The smallest absolute Gasteiger partial charge is 0.0464 e. The molecule has 0 fully saturated rings. The van der Waals surface area contributed by atoms with E-state index in [1.807, 2.05) is 18.2 Å². The number of hydrogen-bond donors (Lipinski definition) is 1. The predicted octanol–water partition coefficient (Wildman–Crippen LogP) is 4.80. The fraction of sp³-hybridized carbons (Fsp3) is 0.0667. The zero-order chi connectivity index (χ0) is 11.8. The molecule has 2 heteroatoms. The molecule has 1 nitrogen and oxygen atoms in total. The fourth-order valence-electron chi connectivity index (χ4n) is 2.07. The first kappa shape index (κ1) is 10.4. The Morgan fingerprint density at radius 2 is 1.88 bits per heavy atom. The number of halogens is 1. The topological polar surface area (TPSA) is 15.8 Å². The summed E-state index contributed by atoms with van der Waals surface area (Å²) in [5.74, 6) is 0. The van der Waals surface area contributed by atoms with Crippen LogP contribution in [-0.2, 0) is 0 Å². The molecule has 0 saturated heterocycles. The molecule has 3 rings (SSSR count). The maximum absolute atomic E-state index is 5.99. The Morgan fingerprint density at radius 1 is 1.00 bits per heavy atom. The molecular formula is C15H12ClN. The van der Waals surface area contributed by atoms with Gasteiger partial charge in [0.2, 0.25) is 0 Å². The molecule has 0 aliphatic heterocycles. The summed E-state index contributed by atoms with van der Waals surface area (Å²) in [5.41, 5.74) is 4.72. The quantitative estimate of drug-likeness (QED) is 0.630. The lowest BCUT2D eigenvalue weighted by Gasteiger charge is -1.98. The second kappa shape index (κ2) is 3.94. The Balaban J connectivity index is 2.18. The van der Waals surface area contributed by atoms with Crippen LogP contribution in [0.3, 0.4) is 0 Å². The van der Waals surface area contributed by atoms with Crippen molar-refractivity contribution in [3.05, 3.63) is 59.1 Å². The molecule has 1 heterocycles. The molecule has 1 N–H and O–H groups in total. The van der Waals surface area contributed by atoms with Gasteiger partial charge in [0.1, 0.15) is 0 Å². The van der Waals surface area contributed by atoms with Crippen molar-refractivity contribution in [2.75, 3.05) is 0 Å². The zero-order valence-electron chi connectivity index (χ0n) is 9.50. The van der Waals surface area contributed by atoms with Crippen LogP contribution in [0.25, 0.3) is 22.2 Å². The third kappa shape index (κ3) is 1.94. The van der Waals surface area contributed by atoms with Crippen molar-refractivity contribution in [2.45, 2.75) is 6.92 Å². The van der Waals surface area contributed by atoms with Crippen molar-refractivity contribution in [3.63, 3.8) is 0 Å². The molecule has 2 aromatic carbocycles. The third-order valence-electron chi connectivity index (χ3n) is 2.91. The summed E-state index contributed by atoms with van der Waals surface area (Å²) in [7, 11) is 0. The van der Waals surface area contributed by atoms with Gasteiger partial charge >= 0.3 is 0 Å². The molecule has 0 amide bonds. The Labute approximate surface area is 105 Å². The number of nitrogens with one attached hydrogen (secondary N) is 1. The minimum atomic E-state index is 0.771. The number of H-pyrrole nitrogens is 1. The third-order valence-corrected chi connectivity index (χ3v) is 3.15. The zero-order valence-corrected chi connectivity index (χ0v) is 10.3. The van der Waals surface area contributed by atoms with Crippen LogP contribution in [0.1, 0.15) is 5.56 Å². The van der Waals surface area contributed by atoms with E-state index in [9.17, 15) is 0 Å². The Kier molecular flexibility index (Phi) is 2.41. The summed E-state index contributed by atoms with van der Waals surface area (Å²) in [5, 5.41) is 1.92. The van der Waals surface area contributed by atoms with Crippen LogP contribution in [0, 0.1) is 6.92 Å². The van der Waals surface area contributed by atoms with Gasteiger partial charge in [-0.1, -0.05) is 35.4 Å². The molecule has 0 unspecified atom stereocenters. The molecule has 1 aromatic heterocycles. The first-order valence-electron chi connectivity index (χ1n) is 5.58. The number of aromatic amines is 1. The van der Waals surface area contributed by atoms with Crippen LogP contribution >= 0.6 is 11.6 Å². The van der Waals surface area contributed by atoms with Crippen molar-refractivity contribution >= 4 is 22.5 Å². The van der Waals surface area contributed by atoms with Crippen molar-refractivity contribution in [3.8, 4) is 11.3 Å². The first-order valence-corrected chi connectivity index (χ1v) is 5.95. The van der Waals surface area contributed by atoms with E-state index in [0.29, 0.717) is 0 Å². The molecule has 0 atom stereocenters. The number of aromatic nitrogens is 1. The van der Waals surface area contributed by atoms with E-state index in [1.54, 1.807) is 0 Å². The van der Waals surface area contributed by atoms with Crippen molar-refractivity contribution in [1.29, 1.82) is 0 Å². The second-order valence-electron chi connectivity index (χ2n) is 4.28. The van der Waals surface area contributed by atoms with E-state index in [4.69, 9.17) is 11.6 Å². The van der Waals surface area contributed by atoms with E-state index < -0.39 is 0 Å². The molecule has 17 heavy (non-hydrogen) atoms. The van der Waals surface area contributed by atoms with Crippen molar-refractivity contribution < 1.29 is 0 Å². The van der Waals surface area contributed by atoms with Gasteiger partial charge in [-0.15, -0.1) is 0 Å². The number of rotatable bonds is 1. The molecule has 0 spiro atoms. The standard InChI is InChI=1S/C15H12ClN/c1-10-3-2-4-11(7-10)15-9-12-8-13(16)5-6-14(12)17-15/h2-9,17H,1H3. The van der Waals surface area contributed by atoms with Gasteiger partial charge in [0.05, 0.1) is 0 Å². The highest BCUT2D eigenvalue weighted by molar-refractivity contribution is 6.31. The number of hydrogen-bond acceptors (Lipinski definition) is 0. The van der Waals surface area contributed by atoms with E-state index in [0.717, 1.165) is 21.6 Å². The maximum atomic E-state index is 5.99. The molecule has 0 aliphatic rings. The van der Waals surface area contributed by atoms with Gasteiger partial charge < -0.3 is 4.98 Å². The van der Waals surface area contributed by atoms with E-state index in [-0.39, 0.29) is 0 Å². The number of benzene rings is 2. The maximum Gasteiger partial charge on any atom is 0.0464 e. The van der Waals surface area contributed by atoms with E-state index in [1.165, 1.54) is 11.1 Å². The van der Waals surface area contributed by atoms with Crippen LogP contribution in [0.4, 0.5) is 0 Å². The van der Waals surface area contributed by atoms with Gasteiger partial charge in [-0.05, 0) is 42.8 Å². The SMILES string of the molecule is Cc1cccc(-c2cc3cc(Cl)ccc3[nH]2)c1. The second-order valence-corrected chi connectivity index (χ2v) is 4.72. The van der Waals surface area contributed by atoms with Crippen LogP contribution in [-0.4, -0.2) is 4.98 Å². The lowest BCUT2D eigenvalue weighted by Crippen LogP contribution is -1.78. The summed E-state index contributed by atoms with van der Waals surface area (Å²) in [6.45, 7) is 2.10. The lowest BCUT2D eigenvalue weighted by molar-refractivity contribution is 1.42. The monoisotopic (exact) mass is 241 g/mol. The Morgan fingerprint density at radius 3 is 2.71 bits per heavy atom. The average molecular weight is 242 g/mol. The Hall–Kier alpha value is -1.73. The largest absolute Gasteiger partial charge is 0.355 e. The van der Waals surface area contributed by atoms with Gasteiger partial charge in [-0.3, -0.25) is 0 Å². The summed E-state index contributed by atoms with van der Waals surface area (Å²) < 4.78 is 0. The fourth-order valence-corrected chi connectivity index (χ4v) is 2.25. The molecule has 84 valence electrons. The minimum Gasteiger partial charge on any atom is -0.355 e. The van der Waals surface area contributed by atoms with Crippen LogP contribution in [0.15, 0.2) is 48.5 Å². The molecule has 0 aliphatic carbocycles. The number of fused-ring (bicyclic) bond motifs is 1. The Bertz CT molecular complexity index is 682. The first-order chi connectivity index (χ1) is 8.22. The van der Waals surface area contributed by atoms with Gasteiger partial charge in [0.15, 0.2) is 0 Å².